The molecule has 28 heavy (non-hydrogen) atoms. The highest BCUT2D eigenvalue weighted by molar-refractivity contribution is 7.90. The fraction of sp³-hybridized carbons (Fsp3) is 0.579. The van der Waals surface area contributed by atoms with E-state index in [1.54, 1.807) is 50.4 Å². The molecule has 2 heterocycles. The van der Waals surface area contributed by atoms with Crippen molar-refractivity contribution in [1.29, 1.82) is 0 Å². The number of benzene rings is 1. The first-order chi connectivity index (χ1) is 13.2. The van der Waals surface area contributed by atoms with E-state index in [-0.39, 0.29) is 24.3 Å². The summed E-state index contributed by atoms with van der Waals surface area (Å²) >= 11 is 0. The van der Waals surface area contributed by atoms with Gasteiger partial charge in [0, 0.05) is 39.3 Å². The number of rotatable bonds is 4. The Morgan fingerprint density at radius 1 is 1.14 bits per heavy atom. The van der Waals surface area contributed by atoms with E-state index >= 15 is 0 Å². The van der Waals surface area contributed by atoms with Crippen LogP contribution in [0.2, 0.25) is 0 Å². The maximum absolute atomic E-state index is 12.9. The number of methoxy groups -OCH3 is 1. The predicted octanol–water partition coefficient (Wildman–Crippen LogP) is 0.650. The van der Waals surface area contributed by atoms with Crippen LogP contribution in [0, 0.1) is 5.92 Å². The van der Waals surface area contributed by atoms with Crippen molar-refractivity contribution in [1.82, 2.24) is 14.1 Å². The number of sulfonamides is 1. The highest BCUT2D eigenvalue weighted by Crippen LogP contribution is 2.34. The van der Waals surface area contributed by atoms with Crippen LogP contribution in [0.1, 0.15) is 23.2 Å². The van der Waals surface area contributed by atoms with Crippen LogP contribution in [0.25, 0.3) is 0 Å². The van der Waals surface area contributed by atoms with Crippen LogP contribution < -0.4 is 4.74 Å². The molecule has 1 aromatic rings. The summed E-state index contributed by atoms with van der Waals surface area (Å²) in [6.07, 6.45) is 1.000. The lowest BCUT2D eigenvalue weighted by Crippen LogP contribution is -2.39. The first kappa shape index (κ1) is 20.6. The number of nitrogens with zero attached hydrogens (tertiary/aromatic N) is 3. The number of ether oxygens (including phenoxy) is 1. The highest BCUT2D eigenvalue weighted by atomic mass is 32.2. The minimum absolute atomic E-state index is 0.0615. The van der Waals surface area contributed by atoms with Gasteiger partial charge in [0.15, 0.2) is 0 Å². The van der Waals surface area contributed by atoms with Crippen molar-refractivity contribution < 1.29 is 22.7 Å². The van der Waals surface area contributed by atoms with Crippen LogP contribution in [0.3, 0.4) is 0 Å². The van der Waals surface area contributed by atoms with Crippen molar-refractivity contribution in [3.63, 3.8) is 0 Å². The van der Waals surface area contributed by atoms with Gasteiger partial charge in [-0.3, -0.25) is 9.59 Å². The van der Waals surface area contributed by atoms with E-state index < -0.39 is 15.3 Å². The second kappa shape index (κ2) is 8.08. The molecule has 2 atom stereocenters. The van der Waals surface area contributed by atoms with Crippen LogP contribution in [0.4, 0.5) is 0 Å². The van der Waals surface area contributed by atoms with Gasteiger partial charge in [0.05, 0.1) is 18.9 Å². The predicted molar refractivity (Wildman–Crippen MR) is 105 cm³/mol. The minimum Gasteiger partial charge on any atom is -0.497 e. The van der Waals surface area contributed by atoms with Gasteiger partial charge in [-0.2, -0.15) is 4.31 Å². The molecular formula is C19H27N3O5S. The number of likely N-dealkylation sites (N-methyl/N-ethyl adjacent to an activating group) is 1. The third kappa shape index (κ3) is 4.00. The van der Waals surface area contributed by atoms with Gasteiger partial charge in [-0.25, -0.2) is 8.42 Å². The molecule has 0 N–H and O–H groups in total. The van der Waals surface area contributed by atoms with Gasteiger partial charge in [0.2, 0.25) is 15.9 Å². The van der Waals surface area contributed by atoms with Crippen molar-refractivity contribution in [2.45, 2.75) is 18.1 Å². The molecule has 0 unspecified atom stereocenters. The number of amides is 2. The quantitative estimate of drug-likeness (QED) is 0.729. The zero-order valence-corrected chi connectivity index (χ0v) is 17.3. The third-order valence-corrected chi connectivity index (χ3v) is 7.98. The van der Waals surface area contributed by atoms with E-state index in [1.807, 2.05) is 0 Å². The fourth-order valence-corrected chi connectivity index (χ4v) is 6.05. The Labute approximate surface area is 166 Å². The van der Waals surface area contributed by atoms with Crippen molar-refractivity contribution in [2.75, 3.05) is 47.4 Å². The van der Waals surface area contributed by atoms with E-state index in [4.69, 9.17) is 4.74 Å². The van der Waals surface area contributed by atoms with Gasteiger partial charge in [-0.05, 0) is 43.0 Å². The highest BCUT2D eigenvalue weighted by Gasteiger charge is 2.47. The number of carbonyl (C=O) groups is 2. The van der Waals surface area contributed by atoms with Crippen LogP contribution in [0.15, 0.2) is 24.3 Å². The molecule has 3 rings (SSSR count). The Morgan fingerprint density at radius 2 is 1.79 bits per heavy atom. The summed E-state index contributed by atoms with van der Waals surface area (Å²) in [5.41, 5.74) is 0.564. The first-order valence-corrected chi connectivity index (χ1v) is 10.9. The van der Waals surface area contributed by atoms with Crippen LogP contribution in [-0.4, -0.2) is 87.0 Å². The lowest BCUT2D eigenvalue weighted by atomic mass is 10.0. The number of hydrogen-bond donors (Lipinski definition) is 0. The molecule has 2 saturated heterocycles. The van der Waals surface area contributed by atoms with Crippen molar-refractivity contribution in [3.8, 4) is 5.75 Å². The largest absolute Gasteiger partial charge is 0.497 e. The summed E-state index contributed by atoms with van der Waals surface area (Å²) in [4.78, 5) is 27.9. The SMILES string of the molecule is COc1ccc(C(=O)N2CC[C@H]3CN(CC(=O)N(C)C)S(=O)(=O)[C@H]3CC2)cc1. The van der Waals surface area contributed by atoms with Crippen LogP contribution in [0.5, 0.6) is 5.75 Å². The zero-order chi connectivity index (χ0) is 20.5. The summed E-state index contributed by atoms with van der Waals surface area (Å²) in [5.74, 6) is 0.296. The van der Waals surface area contributed by atoms with Gasteiger partial charge >= 0.3 is 0 Å². The standard InChI is InChI=1S/C19H27N3O5S/c1-20(2)18(23)13-22-12-15-8-10-21(11-9-17(15)28(22,25)26)19(24)14-4-6-16(27-3)7-5-14/h4-7,15,17H,8-13H2,1-3H3/t15-,17-/m0/s1. The monoisotopic (exact) mass is 409 g/mol. The van der Waals surface area contributed by atoms with Crippen molar-refractivity contribution in [2.24, 2.45) is 5.92 Å². The number of likely N-dealkylation sites (tertiary alicyclic amines) is 1. The van der Waals surface area contributed by atoms with E-state index in [9.17, 15) is 18.0 Å². The summed E-state index contributed by atoms with van der Waals surface area (Å²) < 4.78 is 32.2. The molecule has 2 aliphatic heterocycles. The second-order valence-electron chi connectivity index (χ2n) is 7.52. The van der Waals surface area contributed by atoms with Crippen molar-refractivity contribution in [3.05, 3.63) is 29.8 Å². The Morgan fingerprint density at radius 3 is 2.39 bits per heavy atom. The van der Waals surface area contributed by atoms with E-state index in [0.29, 0.717) is 43.8 Å². The molecule has 1 aromatic carbocycles. The molecule has 154 valence electrons. The third-order valence-electron chi connectivity index (χ3n) is 5.59. The summed E-state index contributed by atoms with van der Waals surface area (Å²) in [5, 5.41) is -0.531. The fourth-order valence-electron chi connectivity index (χ4n) is 3.86. The minimum atomic E-state index is -3.53. The molecule has 0 spiro atoms. The van der Waals surface area contributed by atoms with Crippen LogP contribution >= 0.6 is 0 Å². The lowest BCUT2D eigenvalue weighted by molar-refractivity contribution is -0.128. The second-order valence-corrected chi connectivity index (χ2v) is 9.67. The smallest absolute Gasteiger partial charge is 0.253 e. The van der Waals surface area contributed by atoms with Crippen molar-refractivity contribution >= 4 is 21.8 Å². The number of hydrogen-bond acceptors (Lipinski definition) is 5. The summed E-state index contributed by atoms with van der Waals surface area (Å²) in [7, 11) is 1.27. The molecule has 0 saturated carbocycles. The normalized spacial score (nSPS) is 24.3. The molecule has 0 radical (unpaired) electrons. The lowest BCUT2D eigenvalue weighted by Gasteiger charge is -2.22. The Bertz CT molecular complexity index is 838. The Kier molecular flexibility index (Phi) is 5.95. The average molecular weight is 410 g/mol. The molecular weight excluding hydrogens is 382 g/mol. The van der Waals surface area contributed by atoms with Gasteiger partial charge in [0.1, 0.15) is 5.75 Å². The van der Waals surface area contributed by atoms with Gasteiger partial charge in [0.25, 0.3) is 5.91 Å². The summed E-state index contributed by atoms with van der Waals surface area (Å²) in [6.45, 7) is 1.13. The molecule has 8 nitrogen and oxygen atoms in total. The molecule has 2 amide bonds. The van der Waals surface area contributed by atoms with Gasteiger partial charge < -0.3 is 14.5 Å². The molecule has 0 bridgehead atoms. The van der Waals surface area contributed by atoms with Crippen LogP contribution in [-0.2, 0) is 14.8 Å². The average Bonchev–Trinajstić information content (AvgIpc) is 2.81. The zero-order valence-electron chi connectivity index (χ0n) is 16.5. The molecule has 0 aliphatic carbocycles. The molecule has 0 aromatic heterocycles. The van der Waals surface area contributed by atoms with E-state index in [1.165, 1.54) is 9.21 Å². The van der Waals surface area contributed by atoms with E-state index in [2.05, 4.69) is 0 Å². The Hall–Kier alpha value is -2.13. The summed E-state index contributed by atoms with van der Waals surface area (Å²) in [6, 6.07) is 6.92. The van der Waals surface area contributed by atoms with E-state index in [0.717, 1.165) is 0 Å². The molecule has 2 fully saturated rings. The Balaban J connectivity index is 1.68. The maximum atomic E-state index is 12.9. The molecule has 9 heteroatoms. The molecule has 2 aliphatic rings. The van der Waals surface area contributed by atoms with Gasteiger partial charge in [-0.1, -0.05) is 0 Å². The van der Waals surface area contributed by atoms with Gasteiger partial charge in [-0.15, -0.1) is 0 Å². The first-order valence-electron chi connectivity index (χ1n) is 9.36. The topological polar surface area (TPSA) is 87.2 Å². The number of carbonyl (C=O) groups excluding carboxylic acids is 2. The maximum Gasteiger partial charge on any atom is 0.253 e. The number of fused-ring (bicyclic) bond motifs is 1.